The molecular formula is C26H62NO4PS. The van der Waals surface area contributed by atoms with Crippen molar-refractivity contribution in [1.82, 2.24) is 6.15 Å². The van der Waals surface area contributed by atoms with E-state index in [1.165, 1.54) is 96.3 Å². The molecule has 33 heavy (non-hydrogen) atoms. The van der Waals surface area contributed by atoms with Crippen LogP contribution in [0.3, 0.4) is 0 Å². The molecule has 0 aliphatic heterocycles. The van der Waals surface area contributed by atoms with E-state index in [0.717, 1.165) is 0 Å². The van der Waals surface area contributed by atoms with Crippen molar-refractivity contribution in [2.45, 2.75) is 143 Å². The van der Waals surface area contributed by atoms with Gasteiger partial charge in [0.05, 0.1) is 0 Å². The molecular weight excluding hydrogens is 453 g/mol. The molecule has 0 heterocycles. The van der Waals surface area contributed by atoms with E-state index in [9.17, 15) is 0 Å². The van der Waals surface area contributed by atoms with E-state index in [0.29, 0.717) is 0 Å². The van der Waals surface area contributed by atoms with Crippen LogP contribution in [0, 0.1) is 0 Å². The maximum absolute atomic E-state index is 8.74. The summed E-state index contributed by atoms with van der Waals surface area (Å²) in [6.45, 7) is 9.54. The van der Waals surface area contributed by atoms with E-state index in [4.69, 9.17) is 17.5 Å². The van der Waals surface area contributed by atoms with E-state index in [1.807, 2.05) is 0 Å². The molecule has 0 radical (unpaired) electrons. The zero-order valence-electron chi connectivity index (χ0n) is 22.9. The van der Waals surface area contributed by atoms with Gasteiger partial charge in [-0.25, -0.2) is 0 Å². The van der Waals surface area contributed by atoms with E-state index < -0.39 is 17.7 Å². The van der Waals surface area contributed by atoms with Crippen LogP contribution in [0.15, 0.2) is 0 Å². The Kier molecular flexibility index (Phi) is 30.8. The molecule has 5 N–H and O–H groups in total. The third-order valence-corrected chi connectivity index (χ3v) is 12.7. The minimum Gasteiger partial charge on any atom is -0.344 e. The fourth-order valence-corrected chi connectivity index (χ4v) is 9.56. The van der Waals surface area contributed by atoms with E-state index in [2.05, 4.69) is 27.7 Å². The Bertz CT molecular complexity index is 426. The number of hydrogen-bond acceptors (Lipinski definition) is 3. The van der Waals surface area contributed by atoms with Crippen molar-refractivity contribution in [2.24, 2.45) is 0 Å². The largest absolute Gasteiger partial charge is 0.394 e. The van der Waals surface area contributed by atoms with E-state index in [1.54, 1.807) is 43.9 Å². The van der Waals surface area contributed by atoms with Crippen molar-refractivity contribution in [2.75, 3.05) is 24.6 Å². The molecule has 5 nitrogen and oxygen atoms in total. The zero-order chi connectivity index (χ0) is 24.6. The van der Waals surface area contributed by atoms with Gasteiger partial charge in [0, 0.05) is 0 Å². The normalized spacial score (nSPS) is 12.1. The molecule has 7 heteroatoms. The minimum absolute atomic E-state index is 0. The quantitative estimate of drug-likeness (QED) is 0.0755. The molecule has 0 aromatic rings. The first-order valence-corrected chi connectivity index (χ1v) is 18.2. The average Bonchev–Trinajstić information content (AvgIpc) is 2.74. The Morgan fingerprint density at radius 1 is 0.485 bits per heavy atom. The molecule has 0 unspecified atom stereocenters. The van der Waals surface area contributed by atoms with Crippen LogP contribution >= 0.6 is 7.26 Å². The van der Waals surface area contributed by atoms with Crippen molar-refractivity contribution in [1.29, 1.82) is 0 Å². The smallest absolute Gasteiger partial charge is 0.344 e. The first-order chi connectivity index (χ1) is 15.2. The van der Waals surface area contributed by atoms with Gasteiger partial charge in [-0.1, -0.05) is 0 Å². The summed E-state index contributed by atoms with van der Waals surface area (Å²) in [6.07, 6.45) is 33.1. The molecule has 0 atom stereocenters. The molecule has 0 spiro atoms. The van der Waals surface area contributed by atoms with E-state index in [-0.39, 0.29) is 6.15 Å². The maximum atomic E-state index is 8.74. The van der Waals surface area contributed by atoms with Gasteiger partial charge < -0.3 is 6.15 Å². The van der Waals surface area contributed by atoms with Gasteiger partial charge in [0.15, 0.2) is 0 Å². The standard InChI is InChI=1S/C26H57P.H3N.H2O4S/c1-5-9-12-15-18-21-24-27(8-4,25-22-19-16-13-10-6-2)26-23-20-17-14-11-7-3;;1-5(2,3)4/h27H,5-26H2,1-4H3;1H3;(H2,1,2,3,4). The van der Waals surface area contributed by atoms with Crippen LogP contribution in [0.25, 0.3) is 0 Å². The summed E-state index contributed by atoms with van der Waals surface area (Å²) < 4.78 is 31.6. The molecule has 0 amide bonds. The second-order valence-electron chi connectivity index (χ2n) is 9.85. The minimum atomic E-state index is -4.67. The average molecular weight is 516 g/mol. The molecule has 0 aromatic heterocycles. The van der Waals surface area contributed by atoms with Crippen LogP contribution in [0.2, 0.25) is 0 Å². The Morgan fingerprint density at radius 3 is 0.909 bits per heavy atom. The Balaban J connectivity index is -0.00000134. The van der Waals surface area contributed by atoms with Crippen LogP contribution in [0.4, 0.5) is 0 Å². The van der Waals surface area contributed by atoms with Crippen LogP contribution in [0.1, 0.15) is 143 Å². The molecule has 0 saturated heterocycles. The van der Waals surface area contributed by atoms with E-state index >= 15 is 0 Å². The van der Waals surface area contributed by atoms with Gasteiger partial charge in [-0.3, -0.25) is 9.11 Å². The number of unbranched alkanes of at least 4 members (excludes halogenated alkanes) is 15. The molecule has 206 valence electrons. The molecule has 0 aliphatic rings. The first kappa shape index (κ1) is 37.8. The summed E-state index contributed by atoms with van der Waals surface area (Å²) in [7, 11) is -5.64. The van der Waals surface area contributed by atoms with Crippen LogP contribution in [0.5, 0.6) is 0 Å². The van der Waals surface area contributed by atoms with Gasteiger partial charge in [-0.2, -0.15) is 8.42 Å². The summed E-state index contributed by atoms with van der Waals surface area (Å²) in [4.78, 5) is 0. The predicted molar refractivity (Wildman–Crippen MR) is 153 cm³/mol. The van der Waals surface area contributed by atoms with Crippen LogP contribution < -0.4 is 6.15 Å². The Labute approximate surface area is 209 Å². The van der Waals surface area contributed by atoms with Crippen molar-refractivity contribution < 1.29 is 17.5 Å². The van der Waals surface area contributed by atoms with Gasteiger partial charge in [-0.15, -0.1) is 0 Å². The number of hydrogen-bond donors (Lipinski definition) is 3. The third-order valence-electron chi connectivity index (χ3n) is 6.93. The zero-order valence-corrected chi connectivity index (χ0v) is 24.7. The molecule has 0 fully saturated rings. The summed E-state index contributed by atoms with van der Waals surface area (Å²) in [5, 5.41) is 0. The van der Waals surface area contributed by atoms with Crippen molar-refractivity contribution in [3.8, 4) is 0 Å². The molecule has 0 saturated carbocycles. The van der Waals surface area contributed by atoms with Gasteiger partial charge in [-0.05, 0) is 0 Å². The summed E-state index contributed by atoms with van der Waals surface area (Å²) >= 11 is 0. The van der Waals surface area contributed by atoms with Crippen molar-refractivity contribution >= 4 is 17.7 Å². The van der Waals surface area contributed by atoms with Gasteiger partial charge in [0.2, 0.25) is 0 Å². The molecule has 0 rings (SSSR count). The Hall–Kier alpha value is 0.260. The first-order valence-electron chi connectivity index (χ1n) is 13.9. The summed E-state index contributed by atoms with van der Waals surface area (Å²) in [5.41, 5.74) is 0. The number of rotatable bonds is 22. The summed E-state index contributed by atoms with van der Waals surface area (Å²) in [5.74, 6) is 0. The maximum Gasteiger partial charge on any atom is 0.394 e. The van der Waals surface area contributed by atoms with Gasteiger partial charge in [0.25, 0.3) is 0 Å². The topological polar surface area (TPSA) is 110 Å². The molecule has 0 bridgehead atoms. The SMILES string of the molecule is CCCCCCCC[PH](CC)(CCCCCCCC)CCCCCCCC.N.O=S(=O)(O)O. The van der Waals surface area contributed by atoms with Gasteiger partial charge in [0.1, 0.15) is 0 Å². The molecule has 0 aromatic carbocycles. The predicted octanol–water partition coefficient (Wildman–Crippen LogP) is 9.35. The fourth-order valence-electron chi connectivity index (χ4n) is 4.75. The Morgan fingerprint density at radius 2 is 0.697 bits per heavy atom. The third kappa shape index (κ3) is 32.3. The van der Waals surface area contributed by atoms with Gasteiger partial charge >= 0.3 is 186 Å². The van der Waals surface area contributed by atoms with Crippen molar-refractivity contribution in [3.05, 3.63) is 0 Å². The monoisotopic (exact) mass is 515 g/mol. The summed E-state index contributed by atoms with van der Waals surface area (Å²) in [6, 6.07) is 0. The second kappa shape index (κ2) is 26.9. The molecule has 0 aliphatic carbocycles. The van der Waals surface area contributed by atoms with Crippen LogP contribution in [-0.2, 0) is 10.4 Å². The second-order valence-corrected chi connectivity index (χ2v) is 16.0. The van der Waals surface area contributed by atoms with Crippen LogP contribution in [-0.4, -0.2) is 42.2 Å². The van der Waals surface area contributed by atoms with Crippen molar-refractivity contribution in [3.63, 3.8) is 0 Å². The fraction of sp³-hybridized carbons (Fsp3) is 1.00.